The first-order chi connectivity index (χ1) is 34.1. The SMILES string of the molecule is CC[C@H](C)[C@H]1O[C@]2(C=C[C@@H]1C)C[C@@H]1C[C@@H](C/C=C(\C)[C@@H](O[C@H]3C[C@H](OC)[C@@H](O[C@H]4C[C@H](OC)[C@@H](O)[C@H](C)O4)[C@H](C)O3)[C@@H](C)/C=C/C=C3\CO[C@@H]4[C@H](O[Si](C)(C)C(C)(C)C)C(C)=C[C@@H](C(=O)O1)[C@]34O[Si](C)(C)C)O2. The minimum atomic E-state index is -2.45. The molecule has 0 saturated carbocycles. The van der Waals surface area contributed by atoms with E-state index in [0.717, 1.165) is 23.1 Å². The molecule has 0 aromatic heterocycles. The summed E-state index contributed by atoms with van der Waals surface area (Å²) in [5.74, 6) is -1.91. The van der Waals surface area contributed by atoms with Crippen molar-refractivity contribution < 1.29 is 66.1 Å². The highest BCUT2D eigenvalue weighted by atomic mass is 28.4. The molecule has 4 fully saturated rings. The standard InChI is InChI=1S/C57H94O14Si2/c1-19-33(2)50-36(5)25-26-56(69-50)31-42-28-41(68-56)24-23-35(4)49(66-47-30-45(61-13)52(39(8)64-47)67-46-29-44(60-12)48(58)38(7)63-46)34(3)21-20-22-40-32-62-53-51(70-73(17,18)55(9,10)11)37(6)27-43(54(59)65-42)57(40,53)71-72(14,15)16/h20-23,25-27,33-34,36,38-39,41-53,58H,19,24,28-32H2,1-18H3/b21-20+,35-23+,40-22+/t33-,34-,36-,38-,39-,41+,42-,43-,44-,45-,46-,47-,48-,49-,50+,51+,52-,53+,56+,57+/m0/s1. The zero-order valence-electron chi connectivity index (χ0n) is 47.6. The average molecular weight is 1060 g/mol. The summed E-state index contributed by atoms with van der Waals surface area (Å²) in [6.45, 7) is 34.8. The van der Waals surface area contributed by atoms with Crippen LogP contribution in [0.15, 0.2) is 59.3 Å². The number of hydrogen-bond donors (Lipinski definition) is 1. The van der Waals surface area contributed by atoms with Crippen molar-refractivity contribution in [1.82, 2.24) is 0 Å². The molecule has 14 nitrogen and oxygen atoms in total. The molecule has 7 aliphatic rings. The number of rotatable bonds is 12. The zero-order chi connectivity index (χ0) is 53.6. The van der Waals surface area contributed by atoms with Crippen LogP contribution >= 0.6 is 0 Å². The predicted molar refractivity (Wildman–Crippen MR) is 286 cm³/mol. The first-order valence-corrected chi connectivity index (χ1v) is 33.8. The Morgan fingerprint density at radius 1 is 0.849 bits per heavy atom. The van der Waals surface area contributed by atoms with E-state index in [0.29, 0.717) is 32.1 Å². The summed E-state index contributed by atoms with van der Waals surface area (Å²) in [4.78, 5) is 15.4. The van der Waals surface area contributed by atoms with E-state index >= 15 is 4.79 Å². The van der Waals surface area contributed by atoms with E-state index in [-0.39, 0.29) is 53.7 Å². The van der Waals surface area contributed by atoms with E-state index in [1.807, 2.05) is 13.8 Å². The molecule has 6 aliphatic heterocycles. The highest BCUT2D eigenvalue weighted by Crippen LogP contribution is 2.53. The van der Waals surface area contributed by atoms with Crippen molar-refractivity contribution in [1.29, 1.82) is 0 Å². The number of carbonyl (C=O) groups is 1. The van der Waals surface area contributed by atoms with Crippen LogP contribution in [0, 0.1) is 23.7 Å². The number of allylic oxidation sites excluding steroid dienone is 2. The third-order valence-electron chi connectivity index (χ3n) is 17.1. The fourth-order valence-electron chi connectivity index (χ4n) is 11.9. The Kier molecular flexibility index (Phi) is 18.7. The molecule has 0 aromatic carbocycles. The quantitative estimate of drug-likeness (QED) is 0.112. The Morgan fingerprint density at radius 3 is 2.18 bits per heavy atom. The number of aliphatic hydroxyl groups excluding tert-OH is 1. The van der Waals surface area contributed by atoms with Crippen molar-refractivity contribution in [2.24, 2.45) is 23.7 Å². The Hall–Kier alpha value is -1.88. The largest absolute Gasteiger partial charge is 0.462 e. The lowest BCUT2D eigenvalue weighted by Crippen LogP contribution is -2.64. The monoisotopic (exact) mass is 1060 g/mol. The van der Waals surface area contributed by atoms with E-state index in [1.54, 1.807) is 14.2 Å². The summed E-state index contributed by atoms with van der Waals surface area (Å²) in [5.41, 5.74) is 1.64. The average Bonchev–Trinajstić information content (AvgIpc) is 3.66. The maximum atomic E-state index is 15.4. The molecule has 1 N–H and O–H groups in total. The summed E-state index contributed by atoms with van der Waals surface area (Å²) in [7, 11) is -1.54. The molecule has 0 unspecified atom stereocenters. The molecule has 7 rings (SSSR count). The summed E-state index contributed by atoms with van der Waals surface area (Å²) in [6.07, 6.45) is 11.5. The summed E-state index contributed by atoms with van der Waals surface area (Å²) in [6, 6.07) is 0. The van der Waals surface area contributed by atoms with Gasteiger partial charge in [-0.3, -0.25) is 4.79 Å². The van der Waals surface area contributed by atoms with E-state index < -0.39 is 101 Å². The molecule has 0 amide bonds. The van der Waals surface area contributed by atoms with E-state index in [2.05, 4.69) is 138 Å². The van der Waals surface area contributed by atoms with Crippen LogP contribution in [0.25, 0.3) is 0 Å². The van der Waals surface area contributed by atoms with Crippen LogP contribution in [0.4, 0.5) is 0 Å². The minimum Gasteiger partial charge on any atom is -0.462 e. The Balaban J connectivity index is 1.28. The second kappa shape index (κ2) is 23.2. The lowest BCUT2D eigenvalue weighted by Gasteiger charge is -2.51. The first kappa shape index (κ1) is 58.8. The van der Waals surface area contributed by atoms with Crippen molar-refractivity contribution in [3.8, 4) is 0 Å². The van der Waals surface area contributed by atoms with Gasteiger partial charge in [-0.2, -0.15) is 0 Å². The molecule has 0 radical (unpaired) electrons. The molecule has 6 heterocycles. The fraction of sp³-hybridized carbons (Fsp3) is 0.807. The van der Waals surface area contributed by atoms with Gasteiger partial charge in [-0.25, -0.2) is 0 Å². The Bertz CT molecular complexity index is 2060. The number of ether oxygens (including phenoxy) is 10. The van der Waals surface area contributed by atoms with E-state index in [4.69, 9.17) is 56.2 Å². The van der Waals surface area contributed by atoms with Gasteiger partial charge in [0.25, 0.3) is 0 Å². The number of hydrogen-bond acceptors (Lipinski definition) is 14. The van der Waals surface area contributed by atoms with Gasteiger partial charge in [-0.1, -0.05) is 91.3 Å². The van der Waals surface area contributed by atoms with Gasteiger partial charge in [0.2, 0.25) is 0 Å². The smallest absolute Gasteiger partial charge is 0.316 e. The van der Waals surface area contributed by atoms with Crippen molar-refractivity contribution >= 4 is 22.6 Å². The molecule has 0 aromatic rings. The molecule has 414 valence electrons. The van der Waals surface area contributed by atoms with Gasteiger partial charge >= 0.3 is 5.97 Å². The summed E-state index contributed by atoms with van der Waals surface area (Å²) >= 11 is 0. The van der Waals surface area contributed by atoms with Gasteiger partial charge in [-0.15, -0.1) is 0 Å². The molecular formula is C57H94O14Si2. The van der Waals surface area contributed by atoms with Crippen LogP contribution in [-0.2, 0) is 61.0 Å². The summed E-state index contributed by atoms with van der Waals surface area (Å²) in [5, 5.41) is 10.5. The molecule has 4 saturated heterocycles. The lowest BCUT2D eigenvalue weighted by atomic mass is 9.71. The number of aliphatic hydroxyl groups is 1. The van der Waals surface area contributed by atoms with Gasteiger partial charge < -0.3 is 61.3 Å². The first-order valence-electron chi connectivity index (χ1n) is 27.5. The molecule has 20 atom stereocenters. The van der Waals surface area contributed by atoms with Gasteiger partial charge in [0.1, 0.15) is 35.9 Å². The highest BCUT2D eigenvalue weighted by Gasteiger charge is 2.64. The normalized spacial score (nSPS) is 44.3. The number of methoxy groups -OCH3 is 2. The van der Waals surface area contributed by atoms with Crippen LogP contribution in [0.1, 0.15) is 115 Å². The molecule has 73 heavy (non-hydrogen) atoms. The third kappa shape index (κ3) is 12.9. The predicted octanol–water partition coefficient (Wildman–Crippen LogP) is 10.3. The van der Waals surface area contributed by atoms with E-state index in [9.17, 15) is 5.11 Å². The second-order valence-corrected chi connectivity index (χ2v) is 34.2. The highest BCUT2D eigenvalue weighted by molar-refractivity contribution is 6.74. The lowest BCUT2D eigenvalue weighted by molar-refractivity contribution is -0.318. The van der Waals surface area contributed by atoms with Crippen molar-refractivity contribution in [2.75, 3.05) is 20.8 Å². The van der Waals surface area contributed by atoms with Crippen LogP contribution in [-0.4, -0.2) is 146 Å². The van der Waals surface area contributed by atoms with Crippen LogP contribution in [0.2, 0.25) is 37.8 Å². The number of esters is 1. The van der Waals surface area contributed by atoms with Crippen LogP contribution in [0.3, 0.4) is 0 Å². The van der Waals surface area contributed by atoms with Crippen LogP contribution in [0.5, 0.6) is 0 Å². The molecule has 16 heteroatoms. The Labute approximate surface area is 440 Å². The summed E-state index contributed by atoms with van der Waals surface area (Å²) < 4.78 is 80.9. The number of carbonyl (C=O) groups excluding carboxylic acids is 1. The van der Waals surface area contributed by atoms with Gasteiger partial charge in [0.05, 0.1) is 55.4 Å². The fourth-order valence-corrected chi connectivity index (χ4v) is 14.5. The van der Waals surface area contributed by atoms with E-state index in [1.165, 1.54) is 0 Å². The second-order valence-electron chi connectivity index (χ2n) is 25.0. The van der Waals surface area contributed by atoms with Gasteiger partial charge in [0.15, 0.2) is 35.0 Å². The third-order valence-corrected chi connectivity index (χ3v) is 22.5. The molecule has 1 aliphatic carbocycles. The Morgan fingerprint density at radius 2 is 1.52 bits per heavy atom. The van der Waals surface area contributed by atoms with Crippen molar-refractivity contribution in [3.05, 3.63) is 59.3 Å². The molecule has 2 bridgehead atoms. The maximum absolute atomic E-state index is 15.4. The molecule has 1 spiro atoms. The van der Waals surface area contributed by atoms with Crippen molar-refractivity contribution in [3.63, 3.8) is 0 Å². The molecular weight excluding hydrogens is 965 g/mol. The minimum absolute atomic E-state index is 0.0716. The number of fused-ring (bicyclic) bond motifs is 2. The zero-order valence-corrected chi connectivity index (χ0v) is 49.6. The topological polar surface area (TPSA) is 148 Å². The maximum Gasteiger partial charge on any atom is 0.316 e. The van der Waals surface area contributed by atoms with Gasteiger partial charge in [-0.05, 0) is 101 Å². The van der Waals surface area contributed by atoms with Crippen molar-refractivity contribution in [2.45, 2.75) is 250 Å². The van der Waals surface area contributed by atoms with Crippen LogP contribution < -0.4 is 0 Å². The van der Waals surface area contributed by atoms with Gasteiger partial charge in [0, 0.05) is 51.7 Å².